The number of nitrogen functional groups attached to an aromatic ring is 1. The van der Waals surface area contributed by atoms with E-state index in [9.17, 15) is 12.8 Å². The maximum absolute atomic E-state index is 13.4. The molecule has 106 valence electrons. The van der Waals surface area contributed by atoms with Gasteiger partial charge in [0.1, 0.15) is 10.7 Å². The van der Waals surface area contributed by atoms with Gasteiger partial charge in [-0.05, 0) is 18.2 Å². The molecule has 0 atom stereocenters. The van der Waals surface area contributed by atoms with E-state index in [2.05, 4.69) is 5.43 Å². The van der Waals surface area contributed by atoms with Gasteiger partial charge in [-0.2, -0.15) is 8.42 Å². The molecule has 0 spiro atoms. The van der Waals surface area contributed by atoms with Gasteiger partial charge in [0.05, 0.1) is 10.7 Å². The third kappa shape index (κ3) is 3.01. The first-order valence-electron chi connectivity index (χ1n) is 5.39. The van der Waals surface area contributed by atoms with E-state index in [-0.39, 0.29) is 21.4 Å². The number of hydrazine groups is 1. The zero-order chi connectivity index (χ0) is 14.8. The smallest absolute Gasteiger partial charge is 0.339 e. The standard InChI is InChI=1S/C12H10ClFN2O3S/c13-9-6-10(14)11(16-15)7-12(9)19-20(17,18)8-4-2-1-3-5-8/h1-7,16H,15H2. The predicted octanol–water partition coefficient (Wildman–Crippen LogP) is 2.53. The second-order valence-corrected chi connectivity index (χ2v) is 5.71. The number of benzene rings is 2. The van der Waals surface area contributed by atoms with Crippen LogP contribution in [0, 0.1) is 5.82 Å². The van der Waals surface area contributed by atoms with Crippen molar-refractivity contribution in [2.24, 2.45) is 5.84 Å². The molecule has 5 nitrogen and oxygen atoms in total. The van der Waals surface area contributed by atoms with Crippen molar-refractivity contribution < 1.29 is 17.0 Å². The number of nitrogens with one attached hydrogen (secondary N) is 1. The maximum Gasteiger partial charge on any atom is 0.339 e. The van der Waals surface area contributed by atoms with Crippen LogP contribution < -0.4 is 15.5 Å². The predicted molar refractivity (Wildman–Crippen MR) is 73.5 cm³/mol. The summed E-state index contributed by atoms with van der Waals surface area (Å²) in [5, 5.41) is -0.180. The van der Waals surface area contributed by atoms with Crippen molar-refractivity contribution in [1.29, 1.82) is 0 Å². The molecule has 20 heavy (non-hydrogen) atoms. The fraction of sp³-hybridized carbons (Fsp3) is 0. The highest BCUT2D eigenvalue weighted by atomic mass is 35.5. The molecule has 0 bridgehead atoms. The molecule has 2 aromatic rings. The quantitative estimate of drug-likeness (QED) is 0.514. The highest BCUT2D eigenvalue weighted by molar-refractivity contribution is 7.87. The third-order valence-electron chi connectivity index (χ3n) is 2.41. The second kappa shape index (κ2) is 5.66. The Bertz CT molecular complexity index is 723. The van der Waals surface area contributed by atoms with E-state index < -0.39 is 15.9 Å². The highest BCUT2D eigenvalue weighted by Crippen LogP contribution is 2.32. The van der Waals surface area contributed by atoms with Gasteiger partial charge >= 0.3 is 10.1 Å². The summed E-state index contributed by atoms with van der Waals surface area (Å²) in [5.74, 6) is 4.17. The van der Waals surface area contributed by atoms with Crippen LogP contribution in [0.1, 0.15) is 0 Å². The van der Waals surface area contributed by atoms with Crippen LogP contribution in [0.15, 0.2) is 47.4 Å². The van der Waals surface area contributed by atoms with Crippen LogP contribution >= 0.6 is 11.6 Å². The number of hydrogen-bond acceptors (Lipinski definition) is 5. The van der Waals surface area contributed by atoms with Crippen molar-refractivity contribution in [3.63, 3.8) is 0 Å². The summed E-state index contributed by atoms with van der Waals surface area (Å²) in [7, 11) is -4.05. The van der Waals surface area contributed by atoms with Gasteiger partial charge in [0, 0.05) is 6.07 Å². The molecule has 0 unspecified atom stereocenters. The molecule has 0 amide bonds. The van der Waals surface area contributed by atoms with E-state index in [0.717, 1.165) is 12.1 Å². The van der Waals surface area contributed by atoms with E-state index in [4.69, 9.17) is 21.6 Å². The number of halogens is 2. The van der Waals surface area contributed by atoms with Crippen molar-refractivity contribution in [1.82, 2.24) is 0 Å². The van der Waals surface area contributed by atoms with Gasteiger partial charge in [-0.3, -0.25) is 5.84 Å². The molecule has 0 saturated heterocycles. The van der Waals surface area contributed by atoms with Crippen LogP contribution in [0.4, 0.5) is 10.1 Å². The molecule has 2 aromatic carbocycles. The van der Waals surface area contributed by atoms with Crippen LogP contribution in [-0.2, 0) is 10.1 Å². The van der Waals surface area contributed by atoms with Crippen LogP contribution in [0.5, 0.6) is 5.75 Å². The minimum atomic E-state index is -4.05. The monoisotopic (exact) mass is 316 g/mol. The highest BCUT2D eigenvalue weighted by Gasteiger charge is 2.19. The first-order valence-corrected chi connectivity index (χ1v) is 7.18. The van der Waals surface area contributed by atoms with Crippen molar-refractivity contribution >= 4 is 27.4 Å². The molecule has 2 rings (SSSR count). The normalized spacial score (nSPS) is 11.2. The zero-order valence-electron chi connectivity index (χ0n) is 10.0. The summed E-state index contributed by atoms with van der Waals surface area (Å²) in [6, 6.07) is 9.49. The Kier molecular flexibility index (Phi) is 4.12. The molecule has 0 fully saturated rings. The van der Waals surface area contributed by atoms with E-state index in [1.54, 1.807) is 18.2 Å². The molecule has 0 aliphatic rings. The number of nitrogens with two attached hydrogens (primary N) is 1. The van der Waals surface area contributed by atoms with Crippen molar-refractivity contribution in [3.05, 3.63) is 53.3 Å². The summed E-state index contributed by atoms with van der Waals surface area (Å²) in [6.07, 6.45) is 0. The molecule has 0 radical (unpaired) electrons. The summed E-state index contributed by atoms with van der Waals surface area (Å²) >= 11 is 5.75. The van der Waals surface area contributed by atoms with Gasteiger partial charge in [-0.15, -0.1) is 0 Å². The van der Waals surface area contributed by atoms with Crippen molar-refractivity contribution in [2.75, 3.05) is 5.43 Å². The molecule has 0 saturated carbocycles. The fourth-order valence-electron chi connectivity index (χ4n) is 1.46. The van der Waals surface area contributed by atoms with Crippen LogP contribution in [-0.4, -0.2) is 8.42 Å². The van der Waals surface area contributed by atoms with Gasteiger partial charge in [0.15, 0.2) is 5.75 Å². The maximum atomic E-state index is 13.4. The van der Waals surface area contributed by atoms with Gasteiger partial charge < -0.3 is 9.61 Å². The Balaban J connectivity index is 2.40. The first kappa shape index (κ1) is 14.6. The third-order valence-corrected chi connectivity index (χ3v) is 3.95. The van der Waals surface area contributed by atoms with E-state index in [0.29, 0.717) is 0 Å². The summed E-state index contributed by atoms with van der Waals surface area (Å²) in [5.41, 5.74) is 1.95. The summed E-state index contributed by atoms with van der Waals surface area (Å²) in [4.78, 5) is -0.0392. The molecular weight excluding hydrogens is 307 g/mol. The van der Waals surface area contributed by atoms with Crippen molar-refractivity contribution in [2.45, 2.75) is 4.90 Å². The zero-order valence-corrected chi connectivity index (χ0v) is 11.6. The molecular formula is C12H10ClFN2O3S. The Hall–Kier alpha value is -1.83. The van der Waals surface area contributed by atoms with Crippen LogP contribution in [0.2, 0.25) is 5.02 Å². The Morgan fingerprint density at radius 1 is 1.20 bits per heavy atom. The van der Waals surface area contributed by atoms with Gasteiger partial charge in [-0.1, -0.05) is 29.8 Å². The lowest BCUT2D eigenvalue weighted by molar-refractivity contribution is 0.485. The van der Waals surface area contributed by atoms with Gasteiger partial charge in [0.2, 0.25) is 0 Å². The lowest BCUT2D eigenvalue weighted by atomic mass is 10.3. The summed E-state index contributed by atoms with van der Waals surface area (Å²) in [6.45, 7) is 0. The molecule has 0 aliphatic heterocycles. The largest absolute Gasteiger partial charge is 0.377 e. The van der Waals surface area contributed by atoms with Gasteiger partial charge in [0.25, 0.3) is 0 Å². The molecule has 0 heterocycles. The van der Waals surface area contributed by atoms with Crippen LogP contribution in [0.25, 0.3) is 0 Å². The first-order chi connectivity index (χ1) is 9.44. The lowest BCUT2D eigenvalue weighted by Crippen LogP contribution is -2.12. The molecule has 3 N–H and O–H groups in total. The van der Waals surface area contributed by atoms with Gasteiger partial charge in [-0.25, -0.2) is 4.39 Å². The summed E-state index contributed by atoms with van der Waals surface area (Å²) < 4.78 is 42.3. The molecule has 8 heteroatoms. The van der Waals surface area contributed by atoms with E-state index >= 15 is 0 Å². The topological polar surface area (TPSA) is 81.4 Å². The van der Waals surface area contributed by atoms with E-state index in [1.807, 2.05) is 0 Å². The lowest BCUT2D eigenvalue weighted by Gasteiger charge is -2.10. The minimum absolute atomic E-state index is 0.0392. The number of rotatable bonds is 4. The van der Waals surface area contributed by atoms with E-state index in [1.165, 1.54) is 12.1 Å². The van der Waals surface area contributed by atoms with Crippen molar-refractivity contribution in [3.8, 4) is 5.75 Å². The van der Waals surface area contributed by atoms with Crippen LogP contribution in [0.3, 0.4) is 0 Å². The fourth-order valence-corrected chi connectivity index (χ4v) is 2.65. The Morgan fingerprint density at radius 3 is 2.45 bits per heavy atom. The molecule has 0 aromatic heterocycles. The second-order valence-electron chi connectivity index (χ2n) is 3.76. The number of hydrogen-bond donors (Lipinski definition) is 2. The Morgan fingerprint density at radius 2 is 1.85 bits per heavy atom. The number of anilines is 1. The molecule has 0 aliphatic carbocycles. The SMILES string of the molecule is NNc1cc(OS(=O)(=O)c2ccccc2)c(Cl)cc1F. The average molecular weight is 317 g/mol. The average Bonchev–Trinajstić information content (AvgIpc) is 2.43. The Labute approximate surface area is 120 Å². The minimum Gasteiger partial charge on any atom is -0.377 e.